The summed E-state index contributed by atoms with van der Waals surface area (Å²) in [6.07, 6.45) is -0.188. The van der Waals surface area contributed by atoms with E-state index in [1.807, 2.05) is 55.5 Å². The summed E-state index contributed by atoms with van der Waals surface area (Å²) in [6.45, 7) is 3.87. The first-order valence-corrected chi connectivity index (χ1v) is 9.00. The van der Waals surface area contributed by atoms with Crippen LogP contribution in [0.5, 0.6) is 17.2 Å². The predicted octanol–water partition coefficient (Wildman–Crippen LogP) is 2.69. The molecule has 0 aliphatic carbocycles. The highest BCUT2D eigenvalue weighted by Gasteiger charge is 2.25. The molecule has 0 spiro atoms. The lowest BCUT2D eigenvalue weighted by Gasteiger charge is -2.32. The molecule has 1 heterocycles. The van der Waals surface area contributed by atoms with Gasteiger partial charge in [0.25, 0.3) is 5.91 Å². The van der Waals surface area contributed by atoms with Crippen molar-refractivity contribution in [1.29, 1.82) is 0 Å². The van der Waals surface area contributed by atoms with Crippen LogP contribution in [0, 0.1) is 6.92 Å². The summed E-state index contributed by atoms with van der Waals surface area (Å²) in [6, 6.07) is 15.1. The Morgan fingerprint density at radius 3 is 2.74 bits per heavy atom. The highest BCUT2D eigenvalue weighted by molar-refractivity contribution is 5.77. The van der Waals surface area contributed by atoms with Crippen LogP contribution in [0.15, 0.2) is 48.5 Å². The minimum atomic E-state index is -0.188. The first-order chi connectivity index (χ1) is 13.2. The maximum Gasteiger partial charge on any atom is 0.260 e. The van der Waals surface area contributed by atoms with Crippen molar-refractivity contribution in [2.75, 3.05) is 40.0 Å². The number of hydrogen-bond acceptors (Lipinski definition) is 5. The van der Waals surface area contributed by atoms with Crippen LogP contribution in [0.3, 0.4) is 0 Å². The molecule has 1 aliphatic heterocycles. The number of para-hydroxylation sites is 2. The number of morpholine rings is 1. The smallest absolute Gasteiger partial charge is 0.260 e. The fourth-order valence-electron chi connectivity index (χ4n) is 2.91. The van der Waals surface area contributed by atoms with Crippen molar-refractivity contribution >= 4 is 5.91 Å². The maximum absolute atomic E-state index is 12.5. The fourth-order valence-corrected chi connectivity index (χ4v) is 2.91. The van der Waals surface area contributed by atoms with Gasteiger partial charge in [0.2, 0.25) is 0 Å². The van der Waals surface area contributed by atoms with Gasteiger partial charge in [0.15, 0.2) is 18.1 Å². The summed E-state index contributed by atoms with van der Waals surface area (Å²) in [5.41, 5.74) is 1.10. The summed E-state index contributed by atoms with van der Waals surface area (Å²) >= 11 is 0. The lowest BCUT2D eigenvalue weighted by atomic mass is 10.2. The molecule has 1 atom stereocenters. The van der Waals surface area contributed by atoms with Crippen molar-refractivity contribution in [3.8, 4) is 17.2 Å². The van der Waals surface area contributed by atoms with Gasteiger partial charge in [-0.3, -0.25) is 4.79 Å². The second-order valence-corrected chi connectivity index (χ2v) is 6.40. The molecule has 1 amide bonds. The van der Waals surface area contributed by atoms with E-state index in [1.54, 1.807) is 12.0 Å². The molecule has 0 N–H and O–H groups in total. The van der Waals surface area contributed by atoms with Gasteiger partial charge in [-0.05, 0) is 36.8 Å². The first-order valence-electron chi connectivity index (χ1n) is 9.00. The van der Waals surface area contributed by atoms with Gasteiger partial charge in [-0.1, -0.05) is 24.3 Å². The molecule has 27 heavy (non-hydrogen) atoms. The van der Waals surface area contributed by atoms with Crippen molar-refractivity contribution in [2.24, 2.45) is 0 Å². The SMILES string of the molecule is COc1ccccc1OCC1CN(C(=O)COc2cccc(C)c2)CCO1. The van der Waals surface area contributed by atoms with Crippen LogP contribution in [0.1, 0.15) is 5.56 Å². The van der Waals surface area contributed by atoms with Crippen LogP contribution >= 0.6 is 0 Å². The number of carbonyl (C=O) groups excluding carboxylic acids is 1. The molecular formula is C21H25NO5. The zero-order chi connectivity index (χ0) is 19.1. The van der Waals surface area contributed by atoms with E-state index in [4.69, 9.17) is 18.9 Å². The Morgan fingerprint density at radius 2 is 1.96 bits per heavy atom. The quantitative estimate of drug-likeness (QED) is 0.749. The molecule has 1 unspecified atom stereocenters. The van der Waals surface area contributed by atoms with E-state index in [0.717, 1.165) is 5.56 Å². The zero-order valence-corrected chi connectivity index (χ0v) is 15.7. The van der Waals surface area contributed by atoms with Gasteiger partial charge in [0.05, 0.1) is 20.3 Å². The monoisotopic (exact) mass is 371 g/mol. The van der Waals surface area contributed by atoms with E-state index in [9.17, 15) is 4.79 Å². The van der Waals surface area contributed by atoms with Crippen molar-refractivity contribution in [1.82, 2.24) is 4.90 Å². The predicted molar refractivity (Wildman–Crippen MR) is 101 cm³/mol. The maximum atomic E-state index is 12.5. The molecule has 144 valence electrons. The van der Waals surface area contributed by atoms with Gasteiger partial charge in [-0.2, -0.15) is 0 Å². The third kappa shape index (κ3) is 5.37. The molecule has 3 rings (SSSR count). The first kappa shape index (κ1) is 19.0. The van der Waals surface area contributed by atoms with Gasteiger partial charge in [0.1, 0.15) is 18.5 Å². The lowest BCUT2D eigenvalue weighted by molar-refractivity contribution is -0.142. The Balaban J connectivity index is 1.49. The van der Waals surface area contributed by atoms with Crippen LogP contribution in [-0.4, -0.2) is 56.9 Å². The topological polar surface area (TPSA) is 57.2 Å². The minimum Gasteiger partial charge on any atom is -0.493 e. The standard InChI is InChI=1S/C21H25NO5/c1-16-6-5-7-17(12-16)26-15-21(23)22-10-11-25-18(13-22)14-27-20-9-4-3-8-19(20)24-2/h3-9,12,18H,10-11,13-15H2,1-2H3. The van der Waals surface area contributed by atoms with Gasteiger partial charge < -0.3 is 23.8 Å². The second kappa shape index (κ2) is 9.28. The van der Waals surface area contributed by atoms with Gasteiger partial charge >= 0.3 is 0 Å². The summed E-state index contributed by atoms with van der Waals surface area (Å²) in [7, 11) is 1.61. The minimum absolute atomic E-state index is 0.0174. The Hall–Kier alpha value is -2.73. The number of ether oxygens (including phenoxy) is 4. The van der Waals surface area contributed by atoms with E-state index in [0.29, 0.717) is 43.6 Å². The number of benzene rings is 2. The van der Waals surface area contributed by atoms with E-state index < -0.39 is 0 Å². The lowest BCUT2D eigenvalue weighted by Crippen LogP contribution is -2.49. The zero-order valence-electron chi connectivity index (χ0n) is 15.7. The molecular weight excluding hydrogens is 346 g/mol. The molecule has 1 aliphatic rings. The molecule has 0 radical (unpaired) electrons. The summed E-state index contributed by atoms with van der Waals surface area (Å²) < 4.78 is 22.4. The second-order valence-electron chi connectivity index (χ2n) is 6.40. The normalized spacial score (nSPS) is 16.7. The Bertz CT molecular complexity index is 764. The number of rotatable bonds is 7. The molecule has 1 saturated heterocycles. The van der Waals surface area contributed by atoms with Crippen LogP contribution in [0.2, 0.25) is 0 Å². The van der Waals surface area contributed by atoms with E-state index >= 15 is 0 Å². The van der Waals surface area contributed by atoms with E-state index in [2.05, 4.69) is 0 Å². The Labute approximate surface area is 159 Å². The number of methoxy groups -OCH3 is 1. The van der Waals surface area contributed by atoms with Crippen LogP contribution in [-0.2, 0) is 9.53 Å². The van der Waals surface area contributed by atoms with Gasteiger partial charge in [-0.25, -0.2) is 0 Å². The van der Waals surface area contributed by atoms with Crippen LogP contribution in [0.4, 0.5) is 0 Å². The van der Waals surface area contributed by atoms with Crippen LogP contribution < -0.4 is 14.2 Å². The third-order valence-corrected chi connectivity index (χ3v) is 4.34. The number of hydrogen-bond donors (Lipinski definition) is 0. The summed E-state index contributed by atoms with van der Waals surface area (Å²) in [5.74, 6) is 1.98. The highest BCUT2D eigenvalue weighted by Crippen LogP contribution is 2.26. The van der Waals surface area contributed by atoms with E-state index in [-0.39, 0.29) is 18.6 Å². The molecule has 2 aromatic rings. The molecule has 2 aromatic carbocycles. The molecule has 1 fully saturated rings. The Kier molecular flexibility index (Phi) is 6.54. The van der Waals surface area contributed by atoms with Crippen LogP contribution in [0.25, 0.3) is 0 Å². The van der Waals surface area contributed by atoms with Gasteiger partial charge in [-0.15, -0.1) is 0 Å². The van der Waals surface area contributed by atoms with Crippen molar-refractivity contribution in [3.05, 3.63) is 54.1 Å². The van der Waals surface area contributed by atoms with Crippen molar-refractivity contribution in [3.63, 3.8) is 0 Å². The molecule has 0 aromatic heterocycles. The summed E-state index contributed by atoms with van der Waals surface area (Å²) in [5, 5.41) is 0. The molecule has 0 saturated carbocycles. The van der Waals surface area contributed by atoms with Crippen molar-refractivity contribution < 1.29 is 23.7 Å². The average Bonchev–Trinajstić information content (AvgIpc) is 2.71. The fraction of sp³-hybridized carbons (Fsp3) is 0.381. The number of amides is 1. The molecule has 6 nitrogen and oxygen atoms in total. The van der Waals surface area contributed by atoms with Gasteiger partial charge in [0, 0.05) is 6.54 Å². The number of nitrogens with zero attached hydrogens (tertiary/aromatic N) is 1. The third-order valence-electron chi connectivity index (χ3n) is 4.34. The average molecular weight is 371 g/mol. The molecule has 6 heteroatoms. The number of carbonyl (C=O) groups is 1. The Morgan fingerprint density at radius 1 is 1.15 bits per heavy atom. The summed E-state index contributed by atoms with van der Waals surface area (Å²) in [4.78, 5) is 14.2. The number of aryl methyl sites for hydroxylation is 1. The van der Waals surface area contributed by atoms with E-state index in [1.165, 1.54) is 0 Å². The molecule has 0 bridgehead atoms. The van der Waals surface area contributed by atoms with Crippen molar-refractivity contribution in [2.45, 2.75) is 13.0 Å². The highest BCUT2D eigenvalue weighted by atomic mass is 16.5. The largest absolute Gasteiger partial charge is 0.493 e.